The Bertz CT molecular complexity index is 559. The molecule has 0 aliphatic carbocycles. The predicted molar refractivity (Wildman–Crippen MR) is 70.4 cm³/mol. The molecule has 0 amide bonds. The lowest BCUT2D eigenvalue weighted by atomic mass is 10.2. The Hall–Kier alpha value is -1.68. The van der Waals surface area contributed by atoms with Gasteiger partial charge in [-0.25, -0.2) is 0 Å². The van der Waals surface area contributed by atoms with Crippen LogP contribution in [0.3, 0.4) is 0 Å². The molecule has 2 aromatic heterocycles. The lowest BCUT2D eigenvalue weighted by Crippen LogP contribution is -1.92. The van der Waals surface area contributed by atoms with Crippen LogP contribution >= 0.6 is 11.3 Å². The molecule has 0 saturated carbocycles. The summed E-state index contributed by atoms with van der Waals surface area (Å²) in [5, 5.41) is 4.26. The zero-order chi connectivity index (χ0) is 12.4. The number of rotatable bonds is 3. The Balaban J connectivity index is 2.13. The number of allylic oxidation sites excluding steroid dienone is 1. The molecule has 2 aromatic rings. The van der Waals surface area contributed by atoms with E-state index in [1.807, 2.05) is 39.1 Å². The van der Waals surface area contributed by atoms with Crippen LogP contribution in [0.5, 0.6) is 0 Å². The summed E-state index contributed by atoms with van der Waals surface area (Å²) in [5.74, 6) is 0.0337. The smallest absolute Gasteiger partial charge is 0.195 e. The van der Waals surface area contributed by atoms with E-state index in [2.05, 4.69) is 5.10 Å². The molecule has 2 heterocycles. The summed E-state index contributed by atoms with van der Waals surface area (Å²) < 4.78 is 1.79. The monoisotopic (exact) mass is 246 g/mol. The highest BCUT2D eigenvalue weighted by Crippen LogP contribution is 2.16. The molecule has 0 saturated heterocycles. The van der Waals surface area contributed by atoms with Crippen molar-refractivity contribution in [3.8, 4) is 0 Å². The van der Waals surface area contributed by atoms with Gasteiger partial charge in [-0.2, -0.15) is 5.10 Å². The number of carbonyl (C=O) groups is 1. The van der Waals surface area contributed by atoms with Crippen LogP contribution in [-0.4, -0.2) is 15.6 Å². The van der Waals surface area contributed by atoms with Crippen LogP contribution in [-0.2, 0) is 7.05 Å². The number of carbonyl (C=O) groups excluding carboxylic acids is 1. The average Bonchev–Trinajstić information content (AvgIpc) is 2.83. The quantitative estimate of drug-likeness (QED) is 0.616. The summed E-state index contributed by atoms with van der Waals surface area (Å²) in [6.07, 6.45) is 3.33. The SMILES string of the molecule is Cc1ccc(C(=O)/C=C/c2cc(C)n(C)n2)s1. The molecule has 17 heavy (non-hydrogen) atoms. The fraction of sp³-hybridized carbons (Fsp3) is 0.231. The highest BCUT2D eigenvalue weighted by atomic mass is 32.1. The van der Waals surface area contributed by atoms with E-state index in [1.165, 1.54) is 11.3 Å². The van der Waals surface area contributed by atoms with E-state index in [1.54, 1.807) is 16.8 Å². The molecule has 88 valence electrons. The van der Waals surface area contributed by atoms with Crippen molar-refractivity contribution >= 4 is 23.2 Å². The van der Waals surface area contributed by atoms with Crippen LogP contribution in [0.1, 0.15) is 25.9 Å². The Morgan fingerprint density at radius 2 is 2.18 bits per heavy atom. The van der Waals surface area contributed by atoms with Crippen molar-refractivity contribution in [2.75, 3.05) is 0 Å². The summed E-state index contributed by atoms with van der Waals surface area (Å²) in [4.78, 5) is 13.7. The lowest BCUT2D eigenvalue weighted by Gasteiger charge is -1.89. The molecule has 0 radical (unpaired) electrons. The summed E-state index contributed by atoms with van der Waals surface area (Å²) in [7, 11) is 1.89. The van der Waals surface area contributed by atoms with Gasteiger partial charge in [-0.1, -0.05) is 0 Å². The number of aryl methyl sites for hydroxylation is 3. The second-order valence-electron chi connectivity index (χ2n) is 3.94. The summed E-state index contributed by atoms with van der Waals surface area (Å²) >= 11 is 1.51. The highest BCUT2D eigenvalue weighted by Gasteiger charge is 2.04. The van der Waals surface area contributed by atoms with E-state index < -0.39 is 0 Å². The van der Waals surface area contributed by atoms with Crippen molar-refractivity contribution in [2.24, 2.45) is 7.05 Å². The van der Waals surface area contributed by atoms with Crippen LogP contribution in [0.2, 0.25) is 0 Å². The fourth-order valence-corrected chi connectivity index (χ4v) is 2.27. The Morgan fingerprint density at radius 3 is 2.71 bits per heavy atom. The normalized spacial score (nSPS) is 11.2. The van der Waals surface area contributed by atoms with Crippen molar-refractivity contribution in [3.63, 3.8) is 0 Å². The van der Waals surface area contributed by atoms with Gasteiger partial charge in [0.15, 0.2) is 5.78 Å². The molecule has 0 spiro atoms. The Labute approximate surface area is 104 Å². The third-order valence-electron chi connectivity index (χ3n) is 2.52. The van der Waals surface area contributed by atoms with Gasteiger partial charge < -0.3 is 0 Å². The predicted octanol–water partition coefficient (Wildman–Crippen LogP) is 2.99. The highest BCUT2D eigenvalue weighted by molar-refractivity contribution is 7.14. The maximum absolute atomic E-state index is 11.8. The zero-order valence-corrected chi connectivity index (χ0v) is 10.9. The molecule has 2 rings (SSSR count). The topological polar surface area (TPSA) is 34.9 Å². The fourth-order valence-electron chi connectivity index (χ4n) is 1.48. The molecule has 0 fully saturated rings. The standard InChI is InChI=1S/C13H14N2OS/c1-9-8-11(14-15(9)3)5-6-12(16)13-7-4-10(2)17-13/h4-8H,1-3H3/b6-5+. The van der Waals surface area contributed by atoms with Crippen molar-refractivity contribution in [3.05, 3.63) is 45.4 Å². The molecule has 4 heteroatoms. The van der Waals surface area contributed by atoms with Gasteiger partial charge in [-0.15, -0.1) is 11.3 Å². The number of ketones is 1. The second kappa shape index (κ2) is 4.67. The summed E-state index contributed by atoms with van der Waals surface area (Å²) in [5.41, 5.74) is 1.88. The van der Waals surface area contributed by atoms with E-state index >= 15 is 0 Å². The lowest BCUT2D eigenvalue weighted by molar-refractivity contribution is 0.105. The van der Waals surface area contributed by atoms with Gasteiger partial charge in [0.1, 0.15) is 0 Å². The van der Waals surface area contributed by atoms with Gasteiger partial charge in [0, 0.05) is 17.6 Å². The third-order valence-corrected chi connectivity index (χ3v) is 3.54. The van der Waals surface area contributed by atoms with Gasteiger partial charge >= 0.3 is 0 Å². The molecular weight excluding hydrogens is 232 g/mol. The second-order valence-corrected chi connectivity index (χ2v) is 5.23. The van der Waals surface area contributed by atoms with Gasteiger partial charge in [-0.3, -0.25) is 9.48 Å². The van der Waals surface area contributed by atoms with Crippen LogP contribution in [0.25, 0.3) is 6.08 Å². The van der Waals surface area contributed by atoms with E-state index in [0.717, 1.165) is 21.1 Å². The molecular formula is C13H14N2OS. The Kier molecular flexibility index (Phi) is 3.24. The van der Waals surface area contributed by atoms with E-state index in [0.29, 0.717) is 0 Å². The molecule has 3 nitrogen and oxygen atoms in total. The number of aromatic nitrogens is 2. The van der Waals surface area contributed by atoms with Crippen molar-refractivity contribution < 1.29 is 4.79 Å². The average molecular weight is 246 g/mol. The first kappa shape index (κ1) is 11.8. The molecule has 0 atom stereocenters. The van der Waals surface area contributed by atoms with Crippen molar-refractivity contribution in [2.45, 2.75) is 13.8 Å². The number of hydrogen-bond donors (Lipinski definition) is 0. The summed E-state index contributed by atoms with van der Waals surface area (Å²) in [6.45, 7) is 3.97. The number of nitrogens with zero attached hydrogens (tertiary/aromatic N) is 2. The van der Waals surface area contributed by atoms with E-state index in [-0.39, 0.29) is 5.78 Å². The van der Waals surface area contributed by atoms with Crippen LogP contribution in [0, 0.1) is 13.8 Å². The molecule has 0 aliphatic heterocycles. The first-order valence-corrected chi connectivity index (χ1v) is 6.17. The minimum Gasteiger partial charge on any atom is -0.288 e. The number of thiophene rings is 1. The molecule has 0 aliphatic rings. The maximum Gasteiger partial charge on any atom is 0.195 e. The van der Waals surface area contributed by atoms with Gasteiger partial charge in [-0.05, 0) is 44.2 Å². The number of hydrogen-bond acceptors (Lipinski definition) is 3. The van der Waals surface area contributed by atoms with Crippen LogP contribution in [0.4, 0.5) is 0 Å². The maximum atomic E-state index is 11.8. The molecule has 0 unspecified atom stereocenters. The van der Waals surface area contributed by atoms with Gasteiger partial charge in [0.05, 0.1) is 10.6 Å². The van der Waals surface area contributed by atoms with E-state index in [4.69, 9.17) is 0 Å². The zero-order valence-electron chi connectivity index (χ0n) is 10.1. The molecule has 0 aromatic carbocycles. The van der Waals surface area contributed by atoms with Crippen molar-refractivity contribution in [1.82, 2.24) is 9.78 Å². The minimum atomic E-state index is 0.0337. The van der Waals surface area contributed by atoms with Crippen molar-refractivity contribution in [1.29, 1.82) is 0 Å². The van der Waals surface area contributed by atoms with Crippen LogP contribution in [0.15, 0.2) is 24.3 Å². The molecule has 0 bridgehead atoms. The molecule has 0 N–H and O–H groups in total. The van der Waals surface area contributed by atoms with Gasteiger partial charge in [0.25, 0.3) is 0 Å². The summed E-state index contributed by atoms with van der Waals surface area (Å²) in [6, 6.07) is 5.76. The largest absolute Gasteiger partial charge is 0.288 e. The Morgan fingerprint density at radius 1 is 1.41 bits per heavy atom. The van der Waals surface area contributed by atoms with Crippen LogP contribution < -0.4 is 0 Å². The first-order chi connectivity index (χ1) is 8.06. The minimum absolute atomic E-state index is 0.0337. The third kappa shape index (κ3) is 2.71. The first-order valence-electron chi connectivity index (χ1n) is 5.36. The van der Waals surface area contributed by atoms with Gasteiger partial charge in [0.2, 0.25) is 0 Å². The van der Waals surface area contributed by atoms with E-state index in [9.17, 15) is 4.79 Å².